The summed E-state index contributed by atoms with van der Waals surface area (Å²) in [6.45, 7) is 5.98. The molecule has 1 saturated heterocycles. The highest BCUT2D eigenvalue weighted by molar-refractivity contribution is 5.27. The summed E-state index contributed by atoms with van der Waals surface area (Å²) in [7, 11) is 0. The molecule has 2 N–H and O–H groups in total. The predicted molar refractivity (Wildman–Crippen MR) is 85.4 cm³/mol. The Hall–Kier alpha value is -1.58. The van der Waals surface area contributed by atoms with Gasteiger partial charge >= 0.3 is 0 Å². The molecule has 21 heavy (non-hydrogen) atoms. The van der Waals surface area contributed by atoms with Crippen molar-refractivity contribution in [2.75, 3.05) is 19.6 Å². The van der Waals surface area contributed by atoms with Crippen molar-refractivity contribution in [2.45, 2.75) is 31.7 Å². The Morgan fingerprint density at radius 3 is 2.52 bits per heavy atom. The molecule has 2 heterocycles. The number of benzene rings is 1. The lowest BCUT2D eigenvalue weighted by Crippen LogP contribution is -2.46. The summed E-state index contributed by atoms with van der Waals surface area (Å²) in [6.07, 6.45) is 2.36. The highest BCUT2D eigenvalue weighted by atomic mass is 16.3. The van der Waals surface area contributed by atoms with E-state index in [0.29, 0.717) is 0 Å². The van der Waals surface area contributed by atoms with Crippen molar-refractivity contribution in [3.63, 3.8) is 0 Å². The van der Waals surface area contributed by atoms with Gasteiger partial charge in [0, 0.05) is 12.0 Å². The molecule has 1 fully saturated rings. The normalized spacial score (nSPS) is 17.8. The number of nitrogens with one attached hydrogen (secondary N) is 2. The standard InChI is InChI=1S/C18H24N2O/c1-15-7-8-17(21-15)13-20-14-18(9-11-19-12-10-18)16-5-3-2-4-6-16/h2-8,19-20H,9-14H2,1H3. The highest BCUT2D eigenvalue weighted by Gasteiger charge is 2.33. The van der Waals surface area contributed by atoms with Crippen LogP contribution in [0.25, 0.3) is 0 Å². The van der Waals surface area contributed by atoms with Gasteiger partial charge < -0.3 is 15.1 Å². The third kappa shape index (κ3) is 3.36. The number of hydrogen-bond donors (Lipinski definition) is 2. The van der Waals surface area contributed by atoms with Crippen LogP contribution in [0.15, 0.2) is 46.9 Å². The molecule has 0 unspecified atom stereocenters. The summed E-state index contributed by atoms with van der Waals surface area (Å²) in [6, 6.07) is 15.0. The zero-order valence-electron chi connectivity index (χ0n) is 12.7. The minimum absolute atomic E-state index is 0.244. The van der Waals surface area contributed by atoms with E-state index in [1.807, 2.05) is 13.0 Å². The molecule has 1 aromatic carbocycles. The third-order valence-electron chi connectivity index (χ3n) is 4.51. The lowest BCUT2D eigenvalue weighted by atomic mass is 9.73. The summed E-state index contributed by atoms with van der Waals surface area (Å²) in [5.74, 6) is 2.00. The zero-order valence-corrected chi connectivity index (χ0v) is 12.7. The molecule has 0 aliphatic carbocycles. The van der Waals surface area contributed by atoms with E-state index in [1.54, 1.807) is 0 Å². The van der Waals surface area contributed by atoms with Crippen LogP contribution >= 0.6 is 0 Å². The fourth-order valence-corrected chi connectivity index (χ4v) is 3.27. The van der Waals surface area contributed by atoms with E-state index in [0.717, 1.165) is 37.7 Å². The van der Waals surface area contributed by atoms with Crippen LogP contribution in [-0.4, -0.2) is 19.6 Å². The molecule has 1 aliphatic rings. The summed E-state index contributed by atoms with van der Waals surface area (Å²) in [4.78, 5) is 0. The molecule has 2 aromatic rings. The van der Waals surface area contributed by atoms with Gasteiger partial charge in [-0.25, -0.2) is 0 Å². The van der Waals surface area contributed by atoms with Crippen LogP contribution in [0.4, 0.5) is 0 Å². The Balaban J connectivity index is 1.68. The molecule has 3 rings (SSSR count). The largest absolute Gasteiger partial charge is 0.465 e. The van der Waals surface area contributed by atoms with Crippen molar-refractivity contribution in [1.82, 2.24) is 10.6 Å². The van der Waals surface area contributed by atoms with Crippen molar-refractivity contribution in [2.24, 2.45) is 0 Å². The molecule has 0 spiro atoms. The molecule has 3 nitrogen and oxygen atoms in total. The average Bonchev–Trinajstić information content (AvgIpc) is 2.95. The molecule has 0 atom stereocenters. The number of hydrogen-bond acceptors (Lipinski definition) is 3. The molecule has 0 bridgehead atoms. The molecule has 1 aliphatic heterocycles. The fourth-order valence-electron chi connectivity index (χ4n) is 3.27. The second kappa shape index (κ2) is 6.46. The SMILES string of the molecule is Cc1ccc(CNCC2(c3ccccc3)CCNCC2)o1. The molecule has 112 valence electrons. The van der Waals surface area contributed by atoms with Crippen LogP contribution < -0.4 is 10.6 Å². The Kier molecular flexibility index (Phi) is 4.42. The Morgan fingerprint density at radius 2 is 1.86 bits per heavy atom. The second-order valence-electron chi connectivity index (χ2n) is 6.01. The first kappa shape index (κ1) is 14.4. The number of piperidine rings is 1. The molecule has 0 amide bonds. The quantitative estimate of drug-likeness (QED) is 0.886. The Morgan fingerprint density at radius 1 is 1.10 bits per heavy atom. The maximum Gasteiger partial charge on any atom is 0.117 e. The maximum absolute atomic E-state index is 5.64. The first-order valence-electron chi connectivity index (χ1n) is 7.81. The van der Waals surface area contributed by atoms with Crippen molar-refractivity contribution in [3.8, 4) is 0 Å². The van der Waals surface area contributed by atoms with Crippen molar-refractivity contribution in [3.05, 3.63) is 59.5 Å². The van der Waals surface area contributed by atoms with Gasteiger partial charge in [0.15, 0.2) is 0 Å². The lowest BCUT2D eigenvalue weighted by Gasteiger charge is -2.38. The fraction of sp³-hybridized carbons (Fsp3) is 0.444. The van der Waals surface area contributed by atoms with E-state index in [1.165, 1.54) is 18.4 Å². The van der Waals surface area contributed by atoms with Gasteiger partial charge in [0.25, 0.3) is 0 Å². The van der Waals surface area contributed by atoms with E-state index >= 15 is 0 Å². The van der Waals surface area contributed by atoms with E-state index in [4.69, 9.17) is 4.42 Å². The van der Waals surface area contributed by atoms with Crippen LogP contribution in [-0.2, 0) is 12.0 Å². The van der Waals surface area contributed by atoms with Gasteiger partial charge in [-0.05, 0) is 50.6 Å². The lowest BCUT2D eigenvalue weighted by molar-refractivity contribution is 0.289. The first-order valence-corrected chi connectivity index (χ1v) is 7.81. The van der Waals surface area contributed by atoms with Gasteiger partial charge in [-0.1, -0.05) is 30.3 Å². The van der Waals surface area contributed by atoms with Gasteiger partial charge in [-0.15, -0.1) is 0 Å². The van der Waals surface area contributed by atoms with Gasteiger partial charge in [-0.3, -0.25) is 0 Å². The molecular formula is C18H24N2O. The highest BCUT2D eigenvalue weighted by Crippen LogP contribution is 2.32. The zero-order chi connectivity index (χ0) is 14.5. The Bertz CT molecular complexity index is 556. The summed E-state index contributed by atoms with van der Waals surface area (Å²) in [5.41, 5.74) is 1.70. The van der Waals surface area contributed by atoms with Crippen LogP contribution in [0.1, 0.15) is 29.9 Å². The van der Waals surface area contributed by atoms with Crippen molar-refractivity contribution < 1.29 is 4.42 Å². The van der Waals surface area contributed by atoms with E-state index in [9.17, 15) is 0 Å². The number of furan rings is 1. The van der Waals surface area contributed by atoms with E-state index in [-0.39, 0.29) is 5.41 Å². The number of rotatable bonds is 5. The first-order chi connectivity index (χ1) is 10.3. The van der Waals surface area contributed by atoms with Gasteiger partial charge in [0.1, 0.15) is 11.5 Å². The van der Waals surface area contributed by atoms with Crippen LogP contribution in [0.2, 0.25) is 0 Å². The second-order valence-corrected chi connectivity index (χ2v) is 6.01. The number of aryl methyl sites for hydroxylation is 1. The van der Waals surface area contributed by atoms with Crippen molar-refractivity contribution >= 4 is 0 Å². The van der Waals surface area contributed by atoms with Crippen LogP contribution in [0.3, 0.4) is 0 Å². The van der Waals surface area contributed by atoms with Crippen LogP contribution in [0.5, 0.6) is 0 Å². The molecule has 0 radical (unpaired) electrons. The predicted octanol–water partition coefficient (Wildman–Crippen LogP) is 3.00. The monoisotopic (exact) mass is 284 g/mol. The third-order valence-corrected chi connectivity index (χ3v) is 4.51. The topological polar surface area (TPSA) is 37.2 Å². The summed E-state index contributed by atoms with van der Waals surface area (Å²) in [5, 5.41) is 7.08. The average molecular weight is 284 g/mol. The molecule has 1 aromatic heterocycles. The smallest absolute Gasteiger partial charge is 0.117 e. The molecular weight excluding hydrogens is 260 g/mol. The van der Waals surface area contributed by atoms with Gasteiger partial charge in [0.05, 0.1) is 6.54 Å². The minimum Gasteiger partial charge on any atom is -0.465 e. The Labute approximate surface area is 126 Å². The molecule has 0 saturated carbocycles. The van der Waals surface area contributed by atoms with E-state index in [2.05, 4.69) is 47.0 Å². The summed E-state index contributed by atoms with van der Waals surface area (Å²) < 4.78 is 5.64. The maximum atomic E-state index is 5.64. The molecule has 3 heteroatoms. The summed E-state index contributed by atoms with van der Waals surface area (Å²) >= 11 is 0. The minimum atomic E-state index is 0.244. The van der Waals surface area contributed by atoms with E-state index < -0.39 is 0 Å². The van der Waals surface area contributed by atoms with Gasteiger partial charge in [-0.2, -0.15) is 0 Å². The van der Waals surface area contributed by atoms with Gasteiger partial charge in [0.2, 0.25) is 0 Å². The van der Waals surface area contributed by atoms with Crippen LogP contribution in [0, 0.1) is 6.92 Å². The van der Waals surface area contributed by atoms with Crippen molar-refractivity contribution in [1.29, 1.82) is 0 Å².